The second kappa shape index (κ2) is 10.7. The van der Waals surface area contributed by atoms with Crippen molar-refractivity contribution in [2.45, 2.75) is 18.9 Å². The van der Waals surface area contributed by atoms with E-state index in [1.54, 1.807) is 32.7 Å². The van der Waals surface area contributed by atoms with E-state index < -0.39 is 7.14 Å². The minimum absolute atomic E-state index is 0.446. The Hall–Kier alpha value is -3.09. The van der Waals surface area contributed by atoms with Crippen LogP contribution < -0.4 is 25.6 Å². The molecule has 0 amide bonds. The fourth-order valence-corrected chi connectivity index (χ4v) is 5.57. The summed E-state index contributed by atoms with van der Waals surface area (Å²) in [6.45, 7) is 5.58. The molecule has 1 aromatic heterocycles. The van der Waals surface area contributed by atoms with E-state index in [1.807, 2.05) is 30.3 Å². The number of rotatable bonds is 8. The van der Waals surface area contributed by atoms with E-state index in [1.165, 1.54) is 0 Å². The summed E-state index contributed by atoms with van der Waals surface area (Å²) in [7, 11) is 3.54. The Labute approximate surface area is 208 Å². The van der Waals surface area contributed by atoms with Gasteiger partial charge in [0.25, 0.3) is 0 Å². The Bertz CT molecular complexity index is 1200. The number of aromatic nitrogens is 2. The summed E-state index contributed by atoms with van der Waals surface area (Å²) >= 11 is 0. The Morgan fingerprint density at radius 2 is 1.77 bits per heavy atom. The van der Waals surface area contributed by atoms with Gasteiger partial charge in [0.15, 0.2) is 0 Å². The van der Waals surface area contributed by atoms with Crippen molar-refractivity contribution in [2.75, 3.05) is 63.2 Å². The molecular weight excluding hydrogens is 459 g/mol. The number of ether oxygens (including phenoxy) is 1. The molecule has 0 spiro atoms. The molecule has 2 aromatic carbocycles. The fraction of sp³-hybridized carbons (Fsp3) is 0.385. The van der Waals surface area contributed by atoms with Crippen LogP contribution in [0.15, 0.2) is 54.7 Å². The van der Waals surface area contributed by atoms with Crippen molar-refractivity contribution < 1.29 is 9.30 Å². The third-order valence-electron chi connectivity index (χ3n) is 6.39. The molecule has 4 rings (SSSR count). The lowest BCUT2D eigenvalue weighted by atomic mass is 10.0. The zero-order valence-corrected chi connectivity index (χ0v) is 22.0. The second-order valence-electron chi connectivity index (χ2n) is 9.45. The summed E-state index contributed by atoms with van der Waals surface area (Å²) in [5.74, 6) is 1.80. The molecular formula is C26H35N6O2P. The lowest BCUT2D eigenvalue weighted by Gasteiger charge is -2.36. The molecule has 35 heavy (non-hydrogen) atoms. The number of benzene rings is 2. The number of hydrogen-bond acceptors (Lipinski definition) is 8. The fourth-order valence-electron chi connectivity index (χ4n) is 4.42. The quantitative estimate of drug-likeness (QED) is 0.434. The minimum atomic E-state index is -2.44. The summed E-state index contributed by atoms with van der Waals surface area (Å²) in [6, 6.07) is 16.2. The number of nitrogens with one attached hydrogen (secondary N) is 2. The third kappa shape index (κ3) is 6.13. The molecule has 186 valence electrons. The summed E-state index contributed by atoms with van der Waals surface area (Å²) in [5, 5.41) is 7.36. The van der Waals surface area contributed by atoms with Crippen LogP contribution in [0.3, 0.4) is 0 Å². The molecule has 0 radical (unpaired) electrons. The maximum atomic E-state index is 12.7. The minimum Gasteiger partial charge on any atom is -0.494 e. The van der Waals surface area contributed by atoms with Gasteiger partial charge >= 0.3 is 0 Å². The van der Waals surface area contributed by atoms with Gasteiger partial charge in [-0.3, -0.25) is 0 Å². The Morgan fingerprint density at radius 3 is 2.46 bits per heavy atom. The van der Waals surface area contributed by atoms with Gasteiger partial charge in [0.05, 0.1) is 18.5 Å². The molecule has 0 saturated carbocycles. The van der Waals surface area contributed by atoms with Crippen molar-refractivity contribution in [1.82, 2.24) is 14.9 Å². The first-order valence-corrected chi connectivity index (χ1v) is 14.5. The number of para-hydroxylation sites is 1. The topological polar surface area (TPSA) is 82.6 Å². The van der Waals surface area contributed by atoms with Crippen molar-refractivity contribution in [3.63, 3.8) is 0 Å². The largest absolute Gasteiger partial charge is 0.494 e. The zero-order chi connectivity index (χ0) is 25.0. The average Bonchev–Trinajstić information content (AvgIpc) is 2.84. The predicted octanol–water partition coefficient (Wildman–Crippen LogP) is 4.75. The molecule has 2 heterocycles. The summed E-state index contributed by atoms with van der Waals surface area (Å²) in [5.41, 5.74) is 2.73. The molecule has 0 bridgehead atoms. The molecule has 0 atom stereocenters. The number of anilines is 5. The van der Waals surface area contributed by atoms with E-state index in [9.17, 15) is 4.57 Å². The van der Waals surface area contributed by atoms with E-state index in [2.05, 4.69) is 56.6 Å². The first-order chi connectivity index (χ1) is 16.7. The summed E-state index contributed by atoms with van der Waals surface area (Å²) in [6.07, 6.45) is 3.99. The highest BCUT2D eigenvalue weighted by molar-refractivity contribution is 7.70. The van der Waals surface area contributed by atoms with Crippen LogP contribution >= 0.6 is 7.14 Å². The maximum Gasteiger partial charge on any atom is 0.229 e. The predicted molar refractivity (Wildman–Crippen MR) is 146 cm³/mol. The van der Waals surface area contributed by atoms with Gasteiger partial charge in [0, 0.05) is 42.4 Å². The lowest BCUT2D eigenvalue weighted by molar-refractivity contribution is 0.249. The average molecular weight is 495 g/mol. The Morgan fingerprint density at radius 1 is 1.03 bits per heavy atom. The van der Waals surface area contributed by atoms with E-state index in [-0.39, 0.29) is 0 Å². The smallest absolute Gasteiger partial charge is 0.229 e. The highest BCUT2D eigenvalue weighted by Crippen LogP contribution is 2.38. The number of nitrogens with zero attached hydrogens (tertiary/aromatic N) is 4. The molecule has 3 aromatic rings. The van der Waals surface area contributed by atoms with Crippen LogP contribution in [0.1, 0.15) is 12.8 Å². The second-order valence-corrected chi connectivity index (χ2v) is 12.6. The lowest BCUT2D eigenvalue weighted by Crippen LogP contribution is -2.41. The first kappa shape index (κ1) is 25.0. The van der Waals surface area contributed by atoms with Gasteiger partial charge in [-0.15, -0.1) is 0 Å². The highest BCUT2D eigenvalue weighted by Gasteiger charge is 2.21. The van der Waals surface area contributed by atoms with Gasteiger partial charge in [0.2, 0.25) is 5.95 Å². The molecule has 0 unspecified atom stereocenters. The van der Waals surface area contributed by atoms with Crippen LogP contribution in [-0.2, 0) is 4.57 Å². The van der Waals surface area contributed by atoms with E-state index in [4.69, 9.17) is 4.74 Å². The summed E-state index contributed by atoms with van der Waals surface area (Å²) < 4.78 is 18.4. The van der Waals surface area contributed by atoms with E-state index in [0.717, 1.165) is 54.0 Å². The third-order valence-corrected chi connectivity index (χ3v) is 7.94. The maximum absolute atomic E-state index is 12.7. The molecule has 1 fully saturated rings. The molecule has 1 aliphatic heterocycles. The summed E-state index contributed by atoms with van der Waals surface area (Å²) in [4.78, 5) is 13.7. The van der Waals surface area contributed by atoms with Gasteiger partial charge < -0.3 is 29.7 Å². The van der Waals surface area contributed by atoms with Crippen molar-refractivity contribution in [2.24, 2.45) is 0 Å². The number of methoxy groups -OCH3 is 1. The number of piperidine rings is 1. The first-order valence-electron chi connectivity index (χ1n) is 11.9. The van der Waals surface area contributed by atoms with Crippen molar-refractivity contribution in [1.29, 1.82) is 0 Å². The monoisotopic (exact) mass is 494 g/mol. The molecule has 1 aliphatic rings. The van der Waals surface area contributed by atoms with Gasteiger partial charge in [-0.25, -0.2) is 4.98 Å². The number of hydrogen-bond donors (Lipinski definition) is 2. The Kier molecular flexibility index (Phi) is 7.63. The van der Waals surface area contributed by atoms with Gasteiger partial charge in [-0.2, -0.15) is 4.98 Å². The highest BCUT2D eigenvalue weighted by atomic mass is 31.2. The molecule has 0 aliphatic carbocycles. The van der Waals surface area contributed by atoms with Crippen LogP contribution in [0.25, 0.3) is 0 Å². The van der Waals surface area contributed by atoms with E-state index >= 15 is 0 Å². The molecule has 8 nitrogen and oxygen atoms in total. The Balaban J connectivity index is 1.49. The van der Waals surface area contributed by atoms with Gasteiger partial charge in [0.1, 0.15) is 18.7 Å². The molecule has 2 N–H and O–H groups in total. The standard InChI is InChI=1S/C26H35N6O2P/c1-31(2)19-13-16-32(17-14-19)20-10-11-21(23(18-20)34-3)29-26-27-15-12-25(30-26)28-22-8-6-7-9-24(22)35(4,5)33/h6-12,15,18-19H,13-14,16-17H2,1-5H3,(H2,27,28,29,30). The van der Waals surface area contributed by atoms with Gasteiger partial charge in [-0.05, 0) is 70.6 Å². The molecule has 9 heteroatoms. The zero-order valence-electron chi connectivity index (χ0n) is 21.2. The van der Waals surface area contributed by atoms with Crippen LogP contribution in [0.5, 0.6) is 5.75 Å². The van der Waals surface area contributed by atoms with Crippen LogP contribution in [-0.4, -0.2) is 68.5 Å². The van der Waals surface area contributed by atoms with Gasteiger partial charge in [-0.1, -0.05) is 12.1 Å². The van der Waals surface area contributed by atoms with E-state index in [0.29, 0.717) is 17.8 Å². The van der Waals surface area contributed by atoms with Crippen molar-refractivity contribution in [3.8, 4) is 5.75 Å². The molecule has 1 saturated heterocycles. The van der Waals surface area contributed by atoms with Crippen molar-refractivity contribution >= 4 is 41.3 Å². The normalized spacial score (nSPS) is 14.7. The van der Waals surface area contributed by atoms with Crippen LogP contribution in [0.4, 0.5) is 28.8 Å². The van der Waals surface area contributed by atoms with Crippen LogP contribution in [0.2, 0.25) is 0 Å². The van der Waals surface area contributed by atoms with Crippen molar-refractivity contribution in [3.05, 3.63) is 54.7 Å². The van der Waals surface area contributed by atoms with Crippen LogP contribution in [0, 0.1) is 0 Å². The SMILES string of the molecule is COc1cc(N2CCC(N(C)C)CC2)ccc1Nc1nccc(Nc2ccccc2P(C)(C)=O)n1.